The fourth-order valence-corrected chi connectivity index (χ4v) is 3.36. The number of phenolic OH excluding ortho intramolecular Hbond substituents is 1. The molecule has 158 valence electrons. The van der Waals surface area contributed by atoms with Crippen molar-refractivity contribution in [3.63, 3.8) is 0 Å². The first kappa shape index (κ1) is 21.2. The summed E-state index contributed by atoms with van der Waals surface area (Å²) in [5, 5.41) is 19.7. The normalized spacial score (nSPS) is 11.3. The molecule has 2 aromatic carbocycles. The number of phenols is 1. The Bertz CT molecular complexity index is 1080. The number of aryl methyl sites for hydroxylation is 1. The third-order valence-electron chi connectivity index (χ3n) is 4.68. The van der Waals surface area contributed by atoms with E-state index in [2.05, 4.69) is 27.0 Å². The summed E-state index contributed by atoms with van der Waals surface area (Å²) in [5.41, 5.74) is 3.51. The summed E-state index contributed by atoms with van der Waals surface area (Å²) in [6, 6.07) is 12.1. The highest BCUT2D eigenvalue weighted by atomic mass is 16.3. The Morgan fingerprint density at radius 2 is 1.83 bits per heavy atom. The van der Waals surface area contributed by atoms with Gasteiger partial charge in [-0.05, 0) is 57.9 Å². The molecule has 0 unspecified atom stereocenters. The lowest BCUT2D eigenvalue weighted by Crippen LogP contribution is -2.43. The van der Waals surface area contributed by atoms with Crippen LogP contribution in [-0.4, -0.2) is 34.1 Å². The SMILES string of the molecule is Cc1[nH]c2ccccc2c1CCNC(=O)c1ccc(NC(=O)NC(C)(C)C)cc1O. The number of carbonyl (C=O) groups is 2. The number of benzene rings is 2. The molecule has 0 saturated carbocycles. The van der Waals surface area contributed by atoms with Gasteiger partial charge in [0, 0.05) is 40.4 Å². The zero-order chi connectivity index (χ0) is 21.9. The molecule has 0 aliphatic heterocycles. The number of rotatable bonds is 5. The second kappa shape index (κ2) is 8.49. The number of aromatic amines is 1. The lowest BCUT2D eigenvalue weighted by molar-refractivity contribution is 0.0951. The molecule has 7 heteroatoms. The molecule has 0 fully saturated rings. The van der Waals surface area contributed by atoms with E-state index >= 15 is 0 Å². The summed E-state index contributed by atoms with van der Waals surface area (Å²) in [4.78, 5) is 27.8. The Morgan fingerprint density at radius 3 is 2.53 bits per heavy atom. The highest BCUT2D eigenvalue weighted by molar-refractivity contribution is 5.98. The lowest BCUT2D eigenvalue weighted by atomic mass is 10.1. The molecule has 30 heavy (non-hydrogen) atoms. The maximum Gasteiger partial charge on any atom is 0.319 e. The molecule has 3 rings (SSSR count). The Hall–Kier alpha value is -3.48. The van der Waals surface area contributed by atoms with Crippen molar-refractivity contribution in [1.29, 1.82) is 0 Å². The predicted molar refractivity (Wildman–Crippen MR) is 119 cm³/mol. The average molecular weight is 409 g/mol. The van der Waals surface area contributed by atoms with Crippen LogP contribution in [0.1, 0.15) is 42.4 Å². The molecule has 3 aromatic rings. The largest absolute Gasteiger partial charge is 0.507 e. The third kappa shape index (κ3) is 5.11. The van der Waals surface area contributed by atoms with Gasteiger partial charge in [0.25, 0.3) is 5.91 Å². The molecule has 1 heterocycles. The topological polar surface area (TPSA) is 106 Å². The molecule has 5 N–H and O–H groups in total. The minimum atomic E-state index is -0.381. The van der Waals surface area contributed by atoms with Crippen LogP contribution in [0.3, 0.4) is 0 Å². The second-order valence-corrected chi connectivity index (χ2v) is 8.34. The summed E-state index contributed by atoms with van der Waals surface area (Å²) in [7, 11) is 0. The van der Waals surface area contributed by atoms with E-state index in [0.29, 0.717) is 18.7 Å². The van der Waals surface area contributed by atoms with Crippen LogP contribution >= 0.6 is 0 Å². The highest BCUT2D eigenvalue weighted by Gasteiger charge is 2.16. The molecule has 0 aliphatic carbocycles. The van der Waals surface area contributed by atoms with Crippen LogP contribution in [0.15, 0.2) is 42.5 Å². The van der Waals surface area contributed by atoms with E-state index in [1.807, 2.05) is 45.9 Å². The summed E-state index contributed by atoms with van der Waals surface area (Å²) < 4.78 is 0. The highest BCUT2D eigenvalue weighted by Crippen LogP contribution is 2.23. The maximum absolute atomic E-state index is 12.5. The number of H-pyrrole nitrogens is 1. The van der Waals surface area contributed by atoms with Gasteiger partial charge in [-0.1, -0.05) is 18.2 Å². The van der Waals surface area contributed by atoms with Crippen LogP contribution in [0.4, 0.5) is 10.5 Å². The van der Waals surface area contributed by atoms with Crippen molar-refractivity contribution in [3.05, 3.63) is 59.3 Å². The summed E-state index contributed by atoms with van der Waals surface area (Å²) in [5.74, 6) is -0.556. The van der Waals surface area contributed by atoms with Gasteiger partial charge >= 0.3 is 6.03 Å². The number of aromatic nitrogens is 1. The number of urea groups is 1. The molecule has 0 atom stereocenters. The first-order valence-electron chi connectivity index (χ1n) is 9.90. The summed E-state index contributed by atoms with van der Waals surface area (Å²) in [6.07, 6.45) is 0.676. The fourth-order valence-electron chi connectivity index (χ4n) is 3.36. The summed E-state index contributed by atoms with van der Waals surface area (Å²) in [6.45, 7) is 8.07. The van der Waals surface area contributed by atoms with Gasteiger partial charge in [0.1, 0.15) is 5.75 Å². The van der Waals surface area contributed by atoms with Crippen molar-refractivity contribution < 1.29 is 14.7 Å². The van der Waals surface area contributed by atoms with Gasteiger partial charge in [0.2, 0.25) is 0 Å². The number of hydrogen-bond donors (Lipinski definition) is 5. The molecule has 0 aliphatic rings. The van der Waals surface area contributed by atoms with Crippen LogP contribution in [-0.2, 0) is 6.42 Å². The minimum absolute atomic E-state index is 0.160. The zero-order valence-corrected chi connectivity index (χ0v) is 17.7. The standard InChI is InChI=1S/C23H28N4O3/c1-14-16(17-7-5-6-8-19(17)25-14)11-12-24-21(29)18-10-9-15(13-20(18)28)26-22(30)27-23(2,3)4/h5-10,13,25,28H,11-12H2,1-4H3,(H,24,29)(H2,26,27,30). The van der Waals surface area contributed by atoms with Gasteiger partial charge in [0.05, 0.1) is 5.56 Å². The van der Waals surface area contributed by atoms with Crippen LogP contribution in [0.25, 0.3) is 10.9 Å². The van der Waals surface area contributed by atoms with E-state index in [1.54, 1.807) is 6.07 Å². The second-order valence-electron chi connectivity index (χ2n) is 8.34. The number of carbonyl (C=O) groups excluding carboxylic acids is 2. The molecular weight excluding hydrogens is 380 g/mol. The zero-order valence-electron chi connectivity index (χ0n) is 17.7. The van der Waals surface area contributed by atoms with Crippen LogP contribution < -0.4 is 16.0 Å². The van der Waals surface area contributed by atoms with Crippen molar-refractivity contribution >= 4 is 28.5 Å². The van der Waals surface area contributed by atoms with E-state index in [1.165, 1.54) is 17.7 Å². The molecule has 7 nitrogen and oxygen atoms in total. The van der Waals surface area contributed by atoms with E-state index in [0.717, 1.165) is 16.6 Å². The van der Waals surface area contributed by atoms with E-state index in [-0.39, 0.29) is 28.8 Å². The number of anilines is 1. The fraction of sp³-hybridized carbons (Fsp3) is 0.304. The van der Waals surface area contributed by atoms with Crippen LogP contribution in [0.2, 0.25) is 0 Å². The Morgan fingerprint density at radius 1 is 1.10 bits per heavy atom. The molecular formula is C23H28N4O3. The molecule has 0 bridgehead atoms. The lowest BCUT2D eigenvalue weighted by Gasteiger charge is -2.20. The van der Waals surface area contributed by atoms with Gasteiger partial charge in [-0.2, -0.15) is 0 Å². The minimum Gasteiger partial charge on any atom is -0.507 e. The van der Waals surface area contributed by atoms with Crippen LogP contribution in [0, 0.1) is 6.92 Å². The Labute approximate surface area is 175 Å². The first-order valence-corrected chi connectivity index (χ1v) is 9.90. The van der Waals surface area contributed by atoms with Crippen molar-refractivity contribution in [1.82, 2.24) is 15.6 Å². The van der Waals surface area contributed by atoms with Crippen LogP contribution in [0.5, 0.6) is 5.75 Å². The van der Waals surface area contributed by atoms with Gasteiger partial charge in [-0.25, -0.2) is 4.79 Å². The number of amides is 3. The molecule has 0 saturated heterocycles. The quantitative estimate of drug-likeness (QED) is 0.439. The number of aromatic hydroxyl groups is 1. The first-order chi connectivity index (χ1) is 14.1. The summed E-state index contributed by atoms with van der Waals surface area (Å²) >= 11 is 0. The number of para-hydroxylation sites is 1. The van der Waals surface area contributed by atoms with Crippen molar-refractivity contribution in [2.75, 3.05) is 11.9 Å². The maximum atomic E-state index is 12.5. The number of hydrogen-bond acceptors (Lipinski definition) is 3. The predicted octanol–water partition coefficient (Wildman–Crippen LogP) is 4.07. The smallest absolute Gasteiger partial charge is 0.319 e. The van der Waals surface area contributed by atoms with E-state index < -0.39 is 0 Å². The van der Waals surface area contributed by atoms with Gasteiger partial charge < -0.3 is 26.0 Å². The molecule has 0 radical (unpaired) electrons. The number of fused-ring (bicyclic) bond motifs is 1. The van der Waals surface area contributed by atoms with E-state index in [9.17, 15) is 14.7 Å². The van der Waals surface area contributed by atoms with Crippen molar-refractivity contribution in [2.24, 2.45) is 0 Å². The van der Waals surface area contributed by atoms with Gasteiger partial charge in [-0.3, -0.25) is 4.79 Å². The van der Waals surface area contributed by atoms with Gasteiger partial charge in [-0.15, -0.1) is 0 Å². The molecule has 0 spiro atoms. The third-order valence-corrected chi connectivity index (χ3v) is 4.68. The monoisotopic (exact) mass is 408 g/mol. The van der Waals surface area contributed by atoms with Crippen molar-refractivity contribution in [3.8, 4) is 5.75 Å². The molecule has 3 amide bonds. The average Bonchev–Trinajstić information content (AvgIpc) is 2.95. The van der Waals surface area contributed by atoms with Gasteiger partial charge in [0.15, 0.2) is 0 Å². The number of nitrogens with one attached hydrogen (secondary N) is 4. The Kier molecular flexibility index (Phi) is 6.01. The molecule has 1 aromatic heterocycles. The van der Waals surface area contributed by atoms with E-state index in [4.69, 9.17) is 0 Å². The van der Waals surface area contributed by atoms with Crippen molar-refractivity contribution in [2.45, 2.75) is 39.7 Å². The Balaban J connectivity index is 1.60.